The molecule has 76 heavy (non-hydrogen) atoms. The Labute approximate surface area is 475 Å². The molecule has 0 spiro atoms. The van der Waals surface area contributed by atoms with Gasteiger partial charge in [-0.05, 0) is 57.8 Å². The summed E-state index contributed by atoms with van der Waals surface area (Å²) in [4.78, 5) is 24.6. The first kappa shape index (κ1) is 74.3. The Morgan fingerprint density at radius 2 is 0.618 bits per heavy atom. The van der Waals surface area contributed by atoms with Crippen LogP contribution in [0.15, 0.2) is 24.3 Å². The van der Waals surface area contributed by atoms with E-state index in [0.29, 0.717) is 19.4 Å². The van der Waals surface area contributed by atoms with Gasteiger partial charge in [0.1, 0.15) is 0 Å². The number of hydrogen-bond donors (Lipinski definition) is 3. The Morgan fingerprint density at radius 3 is 0.934 bits per heavy atom. The largest absolute Gasteiger partial charge is 0.466 e. The van der Waals surface area contributed by atoms with E-state index < -0.39 is 12.1 Å². The monoisotopic (exact) mass is 1070 g/mol. The molecule has 0 aromatic carbocycles. The molecule has 0 aliphatic carbocycles. The van der Waals surface area contributed by atoms with Gasteiger partial charge < -0.3 is 20.3 Å². The molecule has 0 aliphatic heterocycles. The van der Waals surface area contributed by atoms with Crippen molar-refractivity contribution in [1.82, 2.24) is 5.32 Å². The van der Waals surface area contributed by atoms with Crippen molar-refractivity contribution in [3.8, 4) is 0 Å². The summed E-state index contributed by atoms with van der Waals surface area (Å²) < 4.78 is 5.49. The Morgan fingerprint density at radius 1 is 0.355 bits per heavy atom. The van der Waals surface area contributed by atoms with Gasteiger partial charge in [-0.15, -0.1) is 0 Å². The average Bonchev–Trinajstić information content (AvgIpc) is 3.42. The zero-order valence-corrected chi connectivity index (χ0v) is 51.5. The molecular formula is C70H135NO5. The molecule has 0 heterocycles. The number of ether oxygens (including phenoxy) is 1. The van der Waals surface area contributed by atoms with Crippen LogP contribution in [0.2, 0.25) is 0 Å². The summed E-state index contributed by atoms with van der Waals surface area (Å²) >= 11 is 0. The van der Waals surface area contributed by atoms with Crippen molar-refractivity contribution in [3.05, 3.63) is 24.3 Å². The van der Waals surface area contributed by atoms with Crippen LogP contribution in [-0.2, 0) is 14.3 Å². The second-order valence-electron chi connectivity index (χ2n) is 23.9. The molecule has 2 unspecified atom stereocenters. The zero-order valence-electron chi connectivity index (χ0n) is 51.5. The van der Waals surface area contributed by atoms with Crippen molar-refractivity contribution in [2.75, 3.05) is 13.2 Å². The van der Waals surface area contributed by atoms with E-state index in [1.54, 1.807) is 6.08 Å². The second kappa shape index (κ2) is 65.9. The van der Waals surface area contributed by atoms with Crippen molar-refractivity contribution >= 4 is 11.9 Å². The van der Waals surface area contributed by atoms with Gasteiger partial charge in [0.2, 0.25) is 5.91 Å². The van der Waals surface area contributed by atoms with Crippen LogP contribution in [0.4, 0.5) is 0 Å². The van der Waals surface area contributed by atoms with E-state index in [4.69, 9.17) is 4.74 Å². The van der Waals surface area contributed by atoms with E-state index in [0.717, 1.165) is 44.9 Å². The lowest BCUT2D eigenvalue weighted by atomic mass is 10.0. The third kappa shape index (κ3) is 61.6. The van der Waals surface area contributed by atoms with E-state index in [9.17, 15) is 19.8 Å². The molecule has 0 rings (SSSR count). The first-order valence-electron chi connectivity index (χ1n) is 34.6. The van der Waals surface area contributed by atoms with Crippen molar-refractivity contribution in [3.63, 3.8) is 0 Å². The van der Waals surface area contributed by atoms with E-state index in [1.807, 2.05) is 6.08 Å². The van der Waals surface area contributed by atoms with Crippen LogP contribution >= 0.6 is 0 Å². The highest BCUT2D eigenvalue weighted by Gasteiger charge is 2.18. The highest BCUT2D eigenvalue weighted by Crippen LogP contribution is 2.19. The maximum atomic E-state index is 12.5. The molecule has 0 saturated heterocycles. The highest BCUT2D eigenvalue weighted by molar-refractivity contribution is 5.76. The molecule has 0 aliphatic rings. The predicted molar refractivity (Wildman–Crippen MR) is 333 cm³/mol. The lowest BCUT2D eigenvalue weighted by molar-refractivity contribution is -0.143. The molecule has 2 atom stereocenters. The van der Waals surface area contributed by atoms with E-state index in [2.05, 4.69) is 31.3 Å². The van der Waals surface area contributed by atoms with Crippen LogP contribution in [0.1, 0.15) is 386 Å². The van der Waals surface area contributed by atoms with Crippen molar-refractivity contribution in [1.29, 1.82) is 0 Å². The fraction of sp³-hybridized carbons (Fsp3) is 0.914. The molecular weight excluding hydrogens is 935 g/mol. The minimum absolute atomic E-state index is 0.00777. The number of hydrogen-bond acceptors (Lipinski definition) is 5. The summed E-state index contributed by atoms with van der Waals surface area (Å²) in [5.74, 6) is -0.0554. The number of unbranched alkanes of at least 4 members (excludes halogenated alkanes) is 52. The molecule has 0 aromatic rings. The number of esters is 1. The van der Waals surface area contributed by atoms with Crippen molar-refractivity contribution < 1.29 is 24.5 Å². The van der Waals surface area contributed by atoms with Crippen LogP contribution in [0, 0.1) is 0 Å². The van der Waals surface area contributed by atoms with Crippen molar-refractivity contribution in [2.24, 2.45) is 0 Å². The number of allylic oxidation sites excluding steroid dienone is 3. The molecule has 1 amide bonds. The summed E-state index contributed by atoms with van der Waals surface area (Å²) in [7, 11) is 0. The highest BCUT2D eigenvalue weighted by atomic mass is 16.5. The fourth-order valence-corrected chi connectivity index (χ4v) is 10.9. The summed E-state index contributed by atoms with van der Waals surface area (Å²) in [5.41, 5.74) is 0. The molecule has 3 N–H and O–H groups in total. The molecule has 450 valence electrons. The second-order valence-corrected chi connectivity index (χ2v) is 23.9. The van der Waals surface area contributed by atoms with E-state index in [-0.39, 0.29) is 18.5 Å². The van der Waals surface area contributed by atoms with Crippen LogP contribution in [0.25, 0.3) is 0 Å². The fourth-order valence-electron chi connectivity index (χ4n) is 10.9. The van der Waals surface area contributed by atoms with Crippen LogP contribution in [0.5, 0.6) is 0 Å². The summed E-state index contributed by atoms with van der Waals surface area (Å²) in [6.07, 6.45) is 82.4. The quantitative estimate of drug-likeness (QED) is 0.0320. The lowest BCUT2D eigenvalue weighted by Gasteiger charge is -2.20. The van der Waals surface area contributed by atoms with Gasteiger partial charge >= 0.3 is 5.97 Å². The van der Waals surface area contributed by atoms with Gasteiger partial charge in [-0.25, -0.2) is 0 Å². The van der Waals surface area contributed by atoms with Gasteiger partial charge in [-0.3, -0.25) is 9.59 Å². The Kier molecular flexibility index (Phi) is 64.4. The number of amides is 1. The Bertz CT molecular complexity index is 1190. The lowest BCUT2D eigenvalue weighted by Crippen LogP contribution is -2.45. The van der Waals surface area contributed by atoms with Gasteiger partial charge in [0, 0.05) is 12.8 Å². The molecule has 6 heteroatoms. The van der Waals surface area contributed by atoms with Gasteiger partial charge in [-0.1, -0.05) is 340 Å². The normalized spacial score (nSPS) is 12.6. The maximum Gasteiger partial charge on any atom is 0.305 e. The average molecular weight is 1070 g/mol. The van der Waals surface area contributed by atoms with E-state index >= 15 is 0 Å². The smallest absolute Gasteiger partial charge is 0.305 e. The summed E-state index contributed by atoms with van der Waals surface area (Å²) in [6.45, 7) is 4.93. The third-order valence-electron chi connectivity index (χ3n) is 16.2. The molecule has 0 fully saturated rings. The van der Waals surface area contributed by atoms with E-state index in [1.165, 1.54) is 315 Å². The molecule has 6 nitrogen and oxygen atoms in total. The standard InChI is InChI=1S/C70H135NO5/c1-3-5-7-9-11-13-15-17-19-20-21-28-31-35-38-42-46-50-54-58-62-68(73)67(66-72)71-69(74)63-59-55-51-47-43-39-36-32-29-26-24-22-23-25-27-30-33-37-41-45-49-53-57-61-65-76-70(75)64-60-56-52-48-44-40-34-18-16-14-12-10-8-6-4-2/h18,34,58,62,67-68,72-73H,3-17,19-33,35-57,59-61,63-66H2,1-2H3,(H,71,74)/b34-18-,62-58+. The first-order valence-corrected chi connectivity index (χ1v) is 34.6. The zero-order chi connectivity index (χ0) is 55.0. The minimum Gasteiger partial charge on any atom is -0.466 e. The molecule has 0 saturated carbocycles. The SMILES string of the molecule is CCCCCCCC/C=C\CCCCCCCC(=O)OCCCCCCCCCCCCCCCCCCCCCCCCCCC(=O)NC(CO)C(O)/C=C/CCCCCCCCCCCCCCCCCCCC. The first-order chi connectivity index (χ1) is 37.5. The number of rotatable bonds is 65. The van der Waals surface area contributed by atoms with Crippen LogP contribution < -0.4 is 5.32 Å². The number of aliphatic hydroxyl groups is 2. The van der Waals surface area contributed by atoms with Crippen molar-refractivity contribution in [2.45, 2.75) is 398 Å². The Balaban J connectivity index is 3.39. The number of carbonyl (C=O) groups excluding carboxylic acids is 2. The Hall–Kier alpha value is -1.66. The van der Waals surface area contributed by atoms with Gasteiger partial charge in [0.15, 0.2) is 0 Å². The van der Waals surface area contributed by atoms with Gasteiger partial charge in [-0.2, -0.15) is 0 Å². The topological polar surface area (TPSA) is 95.9 Å². The number of carbonyl (C=O) groups is 2. The van der Waals surface area contributed by atoms with Gasteiger partial charge in [0.05, 0.1) is 25.4 Å². The number of nitrogens with one attached hydrogen (secondary N) is 1. The third-order valence-corrected chi connectivity index (χ3v) is 16.2. The maximum absolute atomic E-state index is 12.5. The van der Waals surface area contributed by atoms with Crippen LogP contribution in [0.3, 0.4) is 0 Å². The van der Waals surface area contributed by atoms with Gasteiger partial charge in [0.25, 0.3) is 0 Å². The summed E-state index contributed by atoms with van der Waals surface area (Å²) in [6, 6.07) is -0.628. The predicted octanol–water partition coefficient (Wildman–Crippen LogP) is 22.1. The van der Waals surface area contributed by atoms with Crippen LogP contribution in [-0.4, -0.2) is 47.4 Å². The molecule has 0 bridgehead atoms. The summed E-state index contributed by atoms with van der Waals surface area (Å²) in [5, 5.41) is 23.2. The molecule has 0 radical (unpaired) electrons. The minimum atomic E-state index is -0.844. The molecule has 0 aromatic heterocycles. The number of aliphatic hydroxyl groups excluding tert-OH is 2.